The standard InChI is InChI=1S/C13H13NO3/c1-9(12(16-2)13(15)17-3)11-7-5-4-6-10(11)8-14/h4-7H,1-3H3. The van der Waals surface area contributed by atoms with Crippen LogP contribution in [0.2, 0.25) is 0 Å². The molecule has 0 radical (unpaired) electrons. The van der Waals surface area contributed by atoms with E-state index in [-0.39, 0.29) is 5.76 Å². The first-order valence-electron chi connectivity index (χ1n) is 4.98. The Morgan fingerprint density at radius 3 is 2.41 bits per heavy atom. The average molecular weight is 231 g/mol. The van der Waals surface area contributed by atoms with Gasteiger partial charge in [0.1, 0.15) is 0 Å². The van der Waals surface area contributed by atoms with Crippen molar-refractivity contribution < 1.29 is 14.3 Å². The number of hydrogen-bond donors (Lipinski definition) is 0. The molecule has 1 aromatic rings. The number of methoxy groups -OCH3 is 2. The lowest BCUT2D eigenvalue weighted by atomic mass is 10.0. The zero-order chi connectivity index (χ0) is 12.8. The number of carbonyl (C=O) groups is 1. The maximum Gasteiger partial charge on any atom is 0.373 e. The summed E-state index contributed by atoms with van der Waals surface area (Å²) in [5.74, 6) is -0.451. The Balaban J connectivity index is 3.35. The van der Waals surface area contributed by atoms with E-state index >= 15 is 0 Å². The van der Waals surface area contributed by atoms with Gasteiger partial charge >= 0.3 is 5.97 Å². The SMILES string of the molecule is COC(=O)C(OC)=C(C)c1ccccc1C#N. The first-order valence-corrected chi connectivity index (χ1v) is 4.98. The van der Waals surface area contributed by atoms with Crippen LogP contribution in [0.25, 0.3) is 5.57 Å². The fourth-order valence-corrected chi connectivity index (χ4v) is 1.51. The summed E-state index contributed by atoms with van der Waals surface area (Å²) in [6.45, 7) is 1.71. The molecule has 0 atom stereocenters. The van der Waals surface area contributed by atoms with Gasteiger partial charge < -0.3 is 9.47 Å². The molecule has 1 aromatic carbocycles. The highest BCUT2D eigenvalue weighted by molar-refractivity contribution is 5.95. The first kappa shape index (κ1) is 12.8. The van der Waals surface area contributed by atoms with Gasteiger partial charge in [-0.2, -0.15) is 5.26 Å². The van der Waals surface area contributed by atoms with Crippen LogP contribution in [0.1, 0.15) is 18.1 Å². The number of esters is 1. The summed E-state index contributed by atoms with van der Waals surface area (Å²) in [4.78, 5) is 11.5. The van der Waals surface area contributed by atoms with Gasteiger partial charge in [0.25, 0.3) is 0 Å². The topological polar surface area (TPSA) is 59.3 Å². The highest BCUT2D eigenvalue weighted by atomic mass is 16.6. The number of allylic oxidation sites excluding steroid dienone is 1. The van der Waals surface area contributed by atoms with Gasteiger partial charge in [-0.15, -0.1) is 0 Å². The minimum Gasteiger partial charge on any atom is -0.490 e. The predicted molar refractivity (Wildman–Crippen MR) is 62.8 cm³/mol. The average Bonchev–Trinajstić information content (AvgIpc) is 2.38. The van der Waals surface area contributed by atoms with Gasteiger partial charge in [-0.25, -0.2) is 4.79 Å². The highest BCUT2D eigenvalue weighted by Gasteiger charge is 2.16. The minimum atomic E-state index is -0.558. The normalized spacial score (nSPS) is 11.2. The van der Waals surface area contributed by atoms with E-state index in [0.717, 1.165) is 0 Å². The highest BCUT2D eigenvalue weighted by Crippen LogP contribution is 2.22. The van der Waals surface area contributed by atoms with E-state index < -0.39 is 5.97 Å². The number of benzene rings is 1. The molecule has 17 heavy (non-hydrogen) atoms. The molecule has 88 valence electrons. The first-order chi connectivity index (χ1) is 8.15. The van der Waals surface area contributed by atoms with Crippen LogP contribution in [0, 0.1) is 11.3 Å². The van der Waals surface area contributed by atoms with E-state index in [1.54, 1.807) is 31.2 Å². The summed E-state index contributed by atoms with van der Waals surface area (Å²) < 4.78 is 9.63. The molecule has 0 aliphatic carbocycles. The number of carbonyl (C=O) groups excluding carboxylic acids is 1. The summed E-state index contributed by atoms with van der Waals surface area (Å²) in [5.41, 5.74) is 1.73. The lowest BCUT2D eigenvalue weighted by Crippen LogP contribution is -2.09. The van der Waals surface area contributed by atoms with Crippen molar-refractivity contribution in [3.05, 3.63) is 41.2 Å². The molecule has 0 amide bonds. The molecule has 0 N–H and O–H groups in total. The molecule has 0 aliphatic heterocycles. The summed E-state index contributed by atoms with van der Waals surface area (Å²) in [6.07, 6.45) is 0. The second-order valence-electron chi connectivity index (χ2n) is 3.31. The molecule has 0 aliphatic rings. The molecular formula is C13H13NO3. The molecule has 0 spiro atoms. The molecule has 0 saturated carbocycles. The van der Waals surface area contributed by atoms with E-state index in [1.165, 1.54) is 14.2 Å². The van der Waals surface area contributed by atoms with Crippen LogP contribution in [0.5, 0.6) is 0 Å². The van der Waals surface area contributed by atoms with Crippen LogP contribution in [0.15, 0.2) is 30.0 Å². The zero-order valence-electron chi connectivity index (χ0n) is 9.98. The monoisotopic (exact) mass is 231 g/mol. The lowest BCUT2D eigenvalue weighted by Gasteiger charge is -2.10. The van der Waals surface area contributed by atoms with Crippen molar-refractivity contribution in [2.24, 2.45) is 0 Å². The Morgan fingerprint density at radius 2 is 1.88 bits per heavy atom. The second-order valence-corrected chi connectivity index (χ2v) is 3.31. The van der Waals surface area contributed by atoms with Crippen LogP contribution in [0.4, 0.5) is 0 Å². The molecule has 0 fully saturated rings. The van der Waals surface area contributed by atoms with Crippen molar-refractivity contribution in [2.45, 2.75) is 6.92 Å². The third kappa shape index (κ3) is 2.64. The van der Waals surface area contributed by atoms with Crippen molar-refractivity contribution in [3.63, 3.8) is 0 Å². The molecule has 1 rings (SSSR count). The Morgan fingerprint density at radius 1 is 1.24 bits per heavy atom. The van der Waals surface area contributed by atoms with E-state index in [9.17, 15) is 4.79 Å². The fourth-order valence-electron chi connectivity index (χ4n) is 1.51. The summed E-state index contributed by atoms with van der Waals surface area (Å²) in [5, 5.41) is 8.99. The van der Waals surface area contributed by atoms with Gasteiger partial charge in [0.2, 0.25) is 5.76 Å². The molecule has 0 saturated heterocycles. The maximum atomic E-state index is 11.5. The Bertz CT molecular complexity index is 498. The van der Waals surface area contributed by atoms with Crippen LogP contribution in [-0.2, 0) is 14.3 Å². The Hall–Kier alpha value is -2.28. The largest absolute Gasteiger partial charge is 0.490 e. The molecular weight excluding hydrogens is 218 g/mol. The Labute approximate surface area is 100 Å². The summed E-state index contributed by atoms with van der Waals surface area (Å²) in [7, 11) is 2.68. The minimum absolute atomic E-state index is 0.107. The fraction of sp³-hybridized carbons (Fsp3) is 0.231. The van der Waals surface area contributed by atoms with E-state index in [4.69, 9.17) is 10.00 Å². The number of hydrogen-bond acceptors (Lipinski definition) is 4. The van der Waals surface area contributed by atoms with Crippen LogP contribution >= 0.6 is 0 Å². The van der Waals surface area contributed by atoms with Crippen molar-refractivity contribution in [1.82, 2.24) is 0 Å². The van der Waals surface area contributed by atoms with E-state index in [0.29, 0.717) is 16.7 Å². The number of nitrogens with zero attached hydrogens (tertiary/aromatic N) is 1. The molecule has 4 nitrogen and oxygen atoms in total. The quantitative estimate of drug-likeness (QED) is 0.454. The van der Waals surface area contributed by atoms with Crippen LogP contribution in [-0.4, -0.2) is 20.2 Å². The van der Waals surface area contributed by atoms with Crippen LogP contribution in [0.3, 0.4) is 0 Å². The second kappa shape index (κ2) is 5.71. The third-order valence-corrected chi connectivity index (χ3v) is 2.37. The number of nitriles is 1. The van der Waals surface area contributed by atoms with Gasteiger partial charge in [0.15, 0.2) is 0 Å². The lowest BCUT2D eigenvalue weighted by molar-refractivity contribution is -0.139. The predicted octanol–water partition coefficient (Wildman–Crippen LogP) is 2.11. The Kier molecular flexibility index (Phi) is 4.29. The maximum absolute atomic E-state index is 11.5. The van der Waals surface area contributed by atoms with Crippen molar-refractivity contribution in [2.75, 3.05) is 14.2 Å². The van der Waals surface area contributed by atoms with Crippen molar-refractivity contribution >= 4 is 11.5 Å². The molecule has 0 bridgehead atoms. The third-order valence-electron chi connectivity index (χ3n) is 2.37. The van der Waals surface area contributed by atoms with Crippen molar-refractivity contribution in [1.29, 1.82) is 5.26 Å². The number of rotatable bonds is 3. The van der Waals surface area contributed by atoms with Gasteiger partial charge in [-0.3, -0.25) is 0 Å². The molecule has 4 heteroatoms. The van der Waals surface area contributed by atoms with Gasteiger partial charge in [-0.05, 0) is 18.6 Å². The van der Waals surface area contributed by atoms with Crippen LogP contribution < -0.4 is 0 Å². The van der Waals surface area contributed by atoms with Gasteiger partial charge in [-0.1, -0.05) is 18.2 Å². The number of ether oxygens (including phenoxy) is 2. The smallest absolute Gasteiger partial charge is 0.373 e. The van der Waals surface area contributed by atoms with Crippen molar-refractivity contribution in [3.8, 4) is 6.07 Å². The van der Waals surface area contributed by atoms with Gasteiger partial charge in [0, 0.05) is 5.57 Å². The zero-order valence-corrected chi connectivity index (χ0v) is 9.98. The molecule has 0 unspecified atom stereocenters. The van der Waals surface area contributed by atoms with E-state index in [1.807, 2.05) is 0 Å². The molecule has 0 heterocycles. The van der Waals surface area contributed by atoms with E-state index in [2.05, 4.69) is 10.8 Å². The summed E-state index contributed by atoms with van der Waals surface area (Å²) >= 11 is 0. The summed E-state index contributed by atoms with van der Waals surface area (Å²) in [6, 6.07) is 9.07. The van der Waals surface area contributed by atoms with Gasteiger partial charge in [0.05, 0.1) is 25.9 Å². The molecule has 0 aromatic heterocycles.